The lowest BCUT2D eigenvalue weighted by atomic mass is 9.93. The number of benzene rings is 1. The van der Waals surface area contributed by atoms with Crippen molar-refractivity contribution < 1.29 is 9.47 Å². The first-order valence-corrected chi connectivity index (χ1v) is 7.17. The van der Waals surface area contributed by atoms with E-state index >= 15 is 0 Å². The average Bonchev–Trinajstić information content (AvgIpc) is 2.80. The third-order valence-corrected chi connectivity index (χ3v) is 4.17. The summed E-state index contributed by atoms with van der Waals surface area (Å²) in [5, 5.41) is 0. The Morgan fingerprint density at radius 1 is 1.30 bits per heavy atom. The van der Waals surface area contributed by atoms with Gasteiger partial charge in [0.05, 0.1) is 20.3 Å². The Labute approximate surface area is 121 Å². The van der Waals surface area contributed by atoms with Gasteiger partial charge in [0.25, 0.3) is 0 Å². The van der Waals surface area contributed by atoms with Crippen LogP contribution in [0.15, 0.2) is 18.2 Å². The monoisotopic (exact) mass is 278 g/mol. The van der Waals surface area contributed by atoms with Crippen molar-refractivity contribution in [3.63, 3.8) is 0 Å². The molecule has 0 bridgehead atoms. The molecule has 0 amide bonds. The molecule has 1 aromatic carbocycles. The number of likely N-dealkylation sites (tertiary alicyclic amines) is 1. The zero-order chi connectivity index (χ0) is 14.8. The molecule has 112 valence electrons. The van der Waals surface area contributed by atoms with Gasteiger partial charge >= 0.3 is 0 Å². The van der Waals surface area contributed by atoms with Crippen molar-refractivity contribution in [2.45, 2.75) is 26.3 Å². The van der Waals surface area contributed by atoms with Crippen LogP contribution in [0, 0.1) is 5.41 Å². The predicted molar refractivity (Wildman–Crippen MR) is 81.3 cm³/mol. The van der Waals surface area contributed by atoms with Crippen LogP contribution in [0.3, 0.4) is 0 Å². The smallest absolute Gasteiger partial charge is 0.127 e. The maximum absolute atomic E-state index is 6.04. The summed E-state index contributed by atoms with van der Waals surface area (Å²) in [4.78, 5) is 2.46. The van der Waals surface area contributed by atoms with E-state index < -0.39 is 0 Å². The fourth-order valence-corrected chi connectivity index (χ4v) is 2.99. The van der Waals surface area contributed by atoms with Gasteiger partial charge in [0.2, 0.25) is 0 Å². The molecule has 1 saturated heterocycles. The van der Waals surface area contributed by atoms with Gasteiger partial charge < -0.3 is 15.2 Å². The van der Waals surface area contributed by atoms with Crippen LogP contribution in [0.2, 0.25) is 0 Å². The summed E-state index contributed by atoms with van der Waals surface area (Å²) < 4.78 is 10.8. The van der Waals surface area contributed by atoms with Crippen LogP contribution in [0.1, 0.15) is 31.9 Å². The minimum atomic E-state index is 0.206. The van der Waals surface area contributed by atoms with Gasteiger partial charge in [-0.3, -0.25) is 4.90 Å². The minimum absolute atomic E-state index is 0.206. The molecule has 1 aromatic rings. The van der Waals surface area contributed by atoms with Crippen LogP contribution in [0.5, 0.6) is 11.5 Å². The molecule has 0 radical (unpaired) electrons. The Bertz CT molecular complexity index is 460. The summed E-state index contributed by atoms with van der Waals surface area (Å²) in [6, 6.07) is 6.18. The van der Waals surface area contributed by atoms with E-state index in [-0.39, 0.29) is 6.04 Å². The lowest BCUT2D eigenvalue weighted by Crippen LogP contribution is -2.33. The number of ether oxygens (including phenoxy) is 2. The highest BCUT2D eigenvalue weighted by molar-refractivity contribution is 5.42. The van der Waals surface area contributed by atoms with E-state index in [4.69, 9.17) is 15.2 Å². The standard InChI is InChI=1S/C16H26N2O2/c1-16(2)7-8-18(11-16)14(10-17)13-6-5-12(19-3)9-15(13)20-4/h5-6,9,14H,7-8,10-11,17H2,1-4H3. The Kier molecular flexibility index (Phi) is 4.55. The summed E-state index contributed by atoms with van der Waals surface area (Å²) >= 11 is 0. The van der Waals surface area contributed by atoms with Crippen molar-refractivity contribution in [1.29, 1.82) is 0 Å². The fourth-order valence-electron chi connectivity index (χ4n) is 2.99. The largest absolute Gasteiger partial charge is 0.497 e. The zero-order valence-corrected chi connectivity index (χ0v) is 13.0. The summed E-state index contributed by atoms with van der Waals surface area (Å²) in [7, 11) is 3.36. The van der Waals surface area contributed by atoms with Crippen molar-refractivity contribution in [1.82, 2.24) is 4.90 Å². The molecule has 1 atom stereocenters. The molecule has 0 spiro atoms. The summed E-state index contributed by atoms with van der Waals surface area (Å²) in [5.41, 5.74) is 7.55. The van der Waals surface area contributed by atoms with Gasteiger partial charge in [0.1, 0.15) is 11.5 Å². The lowest BCUT2D eigenvalue weighted by Gasteiger charge is -2.29. The minimum Gasteiger partial charge on any atom is -0.497 e. The first-order chi connectivity index (χ1) is 9.50. The lowest BCUT2D eigenvalue weighted by molar-refractivity contribution is 0.219. The van der Waals surface area contributed by atoms with Crippen molar-refractivity contribution in [2.75, 3.05) is 33.9 Å². The highest BCUT2D eigenvalue weighted by atomic mass is 16.5. The molecule has 0 saturated carbocycles. The van der Waals surface area contributed by atoms with Crippen LogP contribution >= 0.6 is 0 Å². The number of rotatable bonds is 5. The normalized spacial score (nSPS) is 19.9. The maximum atomic E-state index is 6.04. The molecule has 1 unspecified atom stereocenters. The molecule has 1 fully saturated rings. The topological polar surface area (TPSA) is 47.7 Å². The molecular formula is C16H26N2O2. The number of nitrogens with zero attached hydrogens (tertiary/aromatic N) is 1. The van der Waals surface area contributed by atoms with Gasteiger partial charge in [-0.05, 0) is 24.4 Å². The van der Waals surface area contributed by atoms with Crippen molar-refractivity contribution in [3.05, 3.63) is 23.8 Å². The van der Waals surface area contributed by atoms with E-state index in [9.17, 15) is 0 Å². The predicted octanol–water partition coefficient (Wildman–Crippen LogP) is 2.44. The van der Waals surface area contributed by atoms with Crippen LogP contribution in [0.4, 0.5) is 0 Å². The molecule has 1 aliphatic heterocycles. The number of nitrogens with two attached hydrogens (primary N) is 1. The summed E-state index contributed by atoms with van der Waals surface area (Å²) in [6.07, 6.45) is 1.21. The molecule has 1 heterocycles. The van der Waals surface area contributed by atoms with E-state index in [0.717, 1.165) is 30.2 Å². The Hall–Kier alpha value is -1.26. The zero-order valence-electron chi connectivity index (χ0n) is 13.0. The second-order valence-corrected chi connectivity index (χ2v) is 6.24. The Balaban J connectivity index is 2.28. The SMILES string of the molecule is COc1ccc(C(CN)N2CCC(C)(C)C2)c(OC)c1. The van der Waals surface area contributed by atoms with E-state index in [1.54, 1.807) is 14.2 Å². The van der Waals surface area contributed by atoms with Gasteiger partial charge in [-0.25, -0.2) is 0 Å². The third-order valence-electron chi connectivity index (χ3n) is 4.17. The number of hydrogen-bond acceptors (Lipinski definition) is 4. The van der Waals surface area contributed by atoms with Crippen LogP contribution < -0.4 is 15.2 Å². The second-order valence-electron chi connectivity index (χ2n) is 6.24. The van der Waals surface area contributed by atoms with Crippen LogP contribution in [-0.4, -0.2) is 38.8 Å². The first-order valence-electron chi connectivity index (χ1n) is 7.17. The van der Waals surface area contributed by atoms with Crippen LogP contribution in [-0.2, 0) is 0 Å². The Morgan fingerprint density at radius 2 is 2.05 bits per heavy atom. The molecule has 2 rings (SSSR count). The molecule has 4 heteroatoms. The highest BCUT2D eigenvalue weighted by Gasteiger charge is 2.34. The third kappa shape index (κ3) is 3.07. The molecule has 0 aliphatic carbocycles. The van der Waals surface area contributed by atoms with Crippen molar-refractivity contribution in [3.8, 4) is 11.5 Å². The maximum Gasteiger partial charge on any atom is 0.127 e. The molecule has 1 aliphatic rings. The van der Waals surface area contributed by atoms with Gasteiger partial charge in [0.15, 0.2) is 0 Å². The molecule has 0 aromatic heterocycles. The van der Waals surface area contributed by atoms with Crippen molar-refractivity contribution >= 4 is 0 Å². The molecule has 4 nitrogen and oxygen atoms in total. The fraction of sp³-hybridized carbons (Fsp3) is 0.625. The van der Waals surface area contributed by atoms with Gasteiger partial charge in [-0.2, -0.15) is 0 Å². The molecule has 2 N–H and O–H groups in total. The molecule has 20 heavy (non-hydrogen) atoms. The van der Waals surface area contributed by atoms with E-state index in [1.165, 1.54) is 6.42 Å². The van der Waals surface area contributed by atoms with Crippen LogP contribution in [0.25, 0.3) is 0 Å². The summed E-state index contributed by atoms with van der Waals surface area (Å²) in [5.74, 6) is 1.66. The number of hydrogen-bond donors (Lipinski definition) is 1. The van der Waals surface area contributed by atoms with E-state index in [2.05, 4.69) is 24.8 Å². The second kappa shape index (κ2) is 6.02. The highest BCUT2D eigenvalue weighted by Crippen LogP contribution is 2.38. The van der Waals surface area contributed by atoms with E-state index in [1.807, 2.05) is 12.1 Å². The quantitative estimate of drug-likeness (QED) is 0.898. The first kappa shape index (κ1) is 15.1. The summed E-state index contributed by atoms with van der Waals surface area (Å²) in [6.45, 7) is 7.38. The number of methoxy groups -OCH3 is 2. The average molecular weight is 278 g/mol. The Morgan fingerprint density at radius 3 is 2.55 bits per heavy atom. The van der Waals surface area contributed by atoms with Gasteiger partial charge in [0, 0.05) is 24.7 Å². The molecular weight excluding hydrogens is 252 g/mol. The van der Waals surface area contributed by atoms with Gasteiger partial charge in [-0.15, -0.1) is 0 Å². The van der Waals surface area contributed by atoms with E-state index in [0.29, 0.717) is 12.0 Å². The van der Waals surface area contributed by atoms with Crippen molar-refractivity contribution in [2.24, 2.45) is 11.1 Å². The van der Waals surface area contributed by atoms with Gasteiger partial charge in [-0.1, -0.05) is 19.9 Å².